The van der Waals surface area contributed by atoms with Gasteiger partial charge in [0.25, 0.3) is 0 Å². The molecule has 27 heavy (non-hydrogen) atoms. The molecular weight excluding hydrogens is 359 g/mol. The normalized spacial score (nSPS) is 17.0. The molecule has 2 aromatic rings. The zero-order valence-corrected chi connectivity index (χ0v) is 14.5. The van der Waals surface area contributed by atoms with E-state index in [4.69, 9.17) is 15.2 Å². The number of guanidine groups is 1. The van der Waals surface area contributed by atoms with Gasteiger partial charge in [-0.15, -0.1) is 0 Å². The summed E-state index contributed by atoms with van der Waals surface area (Å²) >= 11 is 0. The van der Waals surface area contributed by atoms with E-state index in [2.05, 4.69) is 10.3 Å². The lowest BCUT2D eigenvalue weighted by molar-refractivity contribution is -0.138. The lowest BCUT2D eigenvalue weighted by atomic mass is 10.0. The second-order valence-corrected chi connectivity index (χ2v) is 5.98. The lowest BCUT2D eigenvalue weighted by Crippen LogP contribution is -2.37. The molecule has 0 aromatic heterocycles. The van der Waals surface area contributed by atoms with Crippen LogP contribution in [-0.4, -0.2) is 25.7 Å². The molecule has 1 heterocycles. The number of para-hydroxylation sites is 2. The predicted octanol–water partition coefficient (Wildman–Crippen LogP) is 3.51. The average Bonchev–Trinajstić information content (AvgIpc) is 2.65. The predicted molar refractivity (Wildman–Crippen MR) is 95.9 cm³/mol. The number of aliphatic imine (C=N–C) groups is 1. The van der Waals surface area contributed by atoms with Crippen molar-refractivity contribution in [1.29, 1.82) is 0 Å². The van der Waals surface area contributed by atoms with Crippen LogP contribution in [0.1, 0.15) is 23.6 Å². The van der Waals surface area contributed by atoms with Crippen molar-refractivity contribution in [1.82, 2.24) is 5.32 Å². The van der Waals surface area contributed by atoms with E-state index in [9.17, 15) is 13.2 Å². The highest BCUT2D eigenvalue weighted by atomic mass is 19.4. The van der Waals surface area contributed by atoms with E-state index in [0.717, 1.165) is 23.8 Å². The van der Waals surface area contributed by atoms with Crippen LogP contribution in [0.3, 0.4) is 0 Å². The van der Waals surface area contributed by atoms with E-state index in [1.165, 1.54) is 18.2 Å². The van der Waals surface area contributed by atoms with Gasteiger partial charge in [-0.3, -0.25) is 0 Å². The smallest absolute Gasteiger partial charge is 0.419 e. The number of halogens is 3. The molecule has 0 aliphatic carbocycles. The maximum absolute atomic E-state index is 12.9. The van der Waals surface area contributed by atoms with E-state index in [-0.39, 0.29) is 30.9 Å². The zero-order chi connectivity index (χ0) is 19.3. The molecule has 1 aliphatic rings. The molecule has 0 saturated carbocycles. The third-order valence-corrected chi connectivity index (χ3v) is 4.10. The summed E-state index contributed by atoms with van der Waals surface area (Å²) in [4.78, 5) is 4.13. The van der Waals surface area contributed by atoms with Gasteiger partial charge in [-0.1, -0.05) is 30.3 Å². The molecule has 5 nitrogen and oxygen atoms in total. The lowest BCUT2D eigenvalue weighted by Gasteiger charge is -2.26. The number of nitrogens with one attached hydrogen (secondary N) is 1. The summed E-state index contributed by atoms with van der Waals surface area (Å²) in [6.07, 6.45) is -3.72. The Morgan fingerprint density at radius 3 is 2.74 bits per heavy atom. The first-order valence-electron chi connectivity index (χ1n) is 8.52. The summed E-state index contributed by atoms with van der Waals surface area (Å²) in [5.74, 6) is 0.802. The number of hydrogen-bond donors (Lipinski definition) is 2. The molecule has 0 saturated heterocycles. The van der Waals surface area contributed by atoms with Crippen LogP contribution in [0.25, 0.3) is 0 Å². The second-order valence-electron chi connectivity index (χ2n) is 5.98. The fourth-order valence-electron chi connectivity index (χ4n) is 2.86. The van der Waals surface area contributed by atoms with Crippen LogP contribution < -0.4 is 20.5 Å². The van der Waals surface area contributed by atoms with Crippen molar-refractivity contribution in [3.05, 3.63) is 59.7 Å². The Kier molecular flexibility index (Phi) is 5.73. The fraction of sp³-hybridized carbons (Fsp3) is 0.316. The Hall–Kier alpha value is -2.90. The topological polar surface area (TPSA) is 68.9 Å². The van der Waals surface area contributed by atoms with Crippen molar-refractivity contribution in [3.8, 4) is 11.5 Å². The fourth-order valence-corrected chi connectivity index (χ4v) is 2.86. The molecule has 0 bridgehead atoms. The Morgan fingerprint density at radius 2 is 1.93 bits per heavy atom. The molecule has 1 aliphatic heterocycles. The van der Waals surface area contributed by atoms with E-state index < -0.39 is 11.7 Å². The van der Waals surface area contributed by atoms with Gasteiger partial charge in [0.1, 0.15) is 18.1 Å². The highest BCUT2D eigenvalue weighted by Crippen LogP contribution is 2.35. The quantitative estimate of drug-likeness (QED) is 0.474. The Labute approximate surface area is 155 Å². The Bertz CT molecular complexity index is 809. The van der Waals surface area contributed by atoms with Gasteiger partial charge in [0.05, 0.1) is 24.8 Å². The summed E-state index contributed by atoms with van der Waals surface area (Å²) in [6.45, 7) is 0.690. The molecule has 144 valence electrons. The third kappa shape index (κ3) is 4.84. The monoisotopic (exact) mass is 379 g/mol. The van der Waals surface area contributed by atoms with Crippen LogP contribution in [0, 0.1) is 0 Å². The first-order valence-corrected chi connectivity index (χ1v) is 8.52. The van der Waals surface area contributed by atoms with Gasteiger partial charge < -0.3 is 20.5 Å². The molecular formula is C19H20F3N3O2. The maximum Gasteiger partial charge on any atom is 0.419 e. The summed E-state index contributed by atoms with van der Waals surface area (Å²) in [7, 11) is 0. The largest absolute Gasteiger partial charge is 0.493 e. The summed E-state index contributed by atoms with van der Waals surface area (Å²) in [6, 6.07) is 12.7. The molecule has 0 amide bonds. The van der Waals surface area contributed by atoms with Crippen LogP contribution in [0.4, 0.5) is 13.2 Å². The molecule has 3 rings (SSSR count). The van der Waals surface area contributed by atoms with Gasteiger partial charge in [0, 0.05) is 12.0 Å². The number of benzene rings is 2. The minimum absolute atomic E-state index is 0.0140. The standard InChI is InChI=1S/C19H20F3N3O2/c20-19(21,22)14-6-2-4-8-17(14)27-12-10-24-18(23)25-15-9-11-26-16-7-3-1-5-13(15)16/h1-8,15H,9-12H2,(H3,23,24,25). The minimum atomic E-state index is -4.46. The van der Waals surface area contributed by atoms with Crippen LogP contribution in [0.15, 0.2) is 53.5 Å². The van der Waals surface area contributed by atoms with E-state index >= 15 is 0 Å². The Balaban J connectivity index is 1.54. The molecule has 0 spiro atoms. The highest BCUT2D eigenvalue weighted by molar-refractivity contribution is 5.78. The number of ether oxygens (including phenoxy) is 2. The van der Waals surface area contributed by atoms with Gasteiger partial charge in [-0.05, 0) is 18.2 Å². The third-order valence-electron chi connectivity index (χ3n) is 4.10. The minimum Gasteiger partial charge on any atom is -0.493 e. The van der Waals surface area contributed by atoms with Crippen molar-refractivity contribution in [2.75, 3.05) is 19.8 Å². The first kappa shape index (κ1) is 18.9. The van der Waals surface area contributed by atoms with Crippen molar-refractivity contribution < 1.29 is 22.6 Å². The van der Waals surface area contributed by atoms with Crippen molar-refractivity contribution in [2.45, 2.75) is 18.6 Å². The second kappa shape index (κ2) is 8.20. The van der Waals surface area contributed by atoms with Crippen LogP contribution in [0.2, 0.25) is 0 Å². The van der Waals surface area contributed by atoms with Crippen LogP contribution >= 0.6 is 0 Å². The number of alkyl halides is 3. The summed E-state index contributed by atoms with van der Waals surface area (Å²) in [5.41, 5.74) is 6.09. The molecule has 1 unspecified atom stereocenters. The van der Waals surface area contributed by atoms with Crippen molar-refractivity contribution >= 4 is 5.96 Å². The van der Waals surface area contributed by atoms with E-state index in [0.29, 0.717) is 6.61 Å². The van der Waals surface area contributed by atoms with Crippen LogP contribution in [-0.2, 0) is 6.18 Å². The van der Waals surface area contributed by atoms with Gasteiger partial charge in [-0.2, -0.15) is 13.2 Å². The molecule has 1 atom stereocenters. The van der Waals surface area contributed by atoms with E-state index in [1.54, 1.807) is 0 Å². The number of nitrogens with two attached hydrogens (primary N) is 1. The van der Waals surface area contributed by atoms with Gasteiger partial charge in [-0.25, -0.2) is 4.99 Å². The van der Waals surface area contributed by atoms with Gasteiger partial charge >= 0.3 is 6.18 Å². The van der Waals surface area contributed by atoms with Crippen molar-refractivity contribution in [3.63, 3.8) is 0 Å². The van der Waals surface area contributed by atoms with Gasteiger partial charge in [0.15, 0.2) is 5.96 Å². The number of fused-ring (bicyclic) bond motifs is 1. The molecule has 0 fully saturated rings. The van der Waals surface area contributed by atoms with Crippen molar-refractivity contribution in [2.24, 2.45) is 10.7 Å². The zero-order valence-electron chi connectivity index (χ0n) is 14.5. The maximum atomic E-state index is 12.9. The Morgan fingerprint density at radius 1 is 1.19 bits per heavy atom. The molecule has 2 aromatic carbocycles. The van der Waals surface area contributed by atoms with E-state index in [1.807, 2.05) is 24.3 Å². The average molecular weight is 379 g/mol. The summed E-state index contributed by atoms with van der Waals surface area (Å²) in [5, 5.41) is 3.12. The SMILES string of the molecule is NC(=NCCOc1ccccc1C(F)(F)F)NC1CCOc2ccccc21. The number of rotatable bonds is 5. The summed E-state index contributed by atoms with van der Waals surface area (Å²) < 4.78 is 49.6. The number of nitrogens with zero attached hydrogens (tertiary/aromatic N) is 1. The molecule has 8 heteroatoms. The molecule has 3 N–H and O–H groups in total. The van der Waals surface area contributed by atoms with Gasteiger partial charge in [0.2, 0.25) is 0 Å². The van der Waals surface area contributed by atoms with Crippen LogP contribution in [0.5, 0.6) is 11.5 Å². The molecule has 0 radical (unpaired) electrons. The number of hydrogen-bond acceptors (Lipinski definition) is 3. The highest BCUT2D eigenvalue weighted by Gasteiger charge is 2.33. The first-order chi connectivity index (χ1) is 12.9.